The maximum atomic E-state index is 3.64. The molecule has 1 saturated carbocycles. The Morgan fingerprint density at radius 1 is 1.35 bits per heavy atom. The largest absolute Gasteiger partial charge is 0.316 e. The molecule has 1 aliphatic carbocycles. The van der Waals surface area contributed by atoms with Crippen LogP contribution in [0, 0.1) is 17.8 Å². The first kappa shape index (κ1) is 13.1. The Balaban J connectivity index is 1.76. The lowest BCUT2D eigenvalue weighted by Gasteiger charge is -2.20. The van der Waals surface area contributed by atoms with Crippen LogP contribution in [0.25, 0.3) is 0 Å². The van der Waals surface area contributed by atoms with E-state index in [9.17, 15) is 0 Å². The van der Waals surface area contributed by atoms with Gasteiger partial charge in [-0.2, -0.15) is 11.3 Å². The van der Waals surface area contributed by atoms with Crippen LogP contribution in [0.1, 0.15) is 38.7 Å². The van der Waals surface area contributed by atoms with Gasteiger partial charge in [-0.25, -0.2) is 0 Å². The first-order chi connectivity index (χ1) is 8.25. The number of hydrogen-bond acceptors (Lipinski definition) is 2. The zero-order chi connectivity index (χ0) is 12.1. The van der Waals surface area contributed by atoms with Crippen molar-refractivity contribution in [3.05, 3.63) is 22.4 Å². The third kappa shape index (κ3) is 4.11. The fraction of sp³-hybridized carbons (Fsp3) is 0.733. The Morgan fingerprint density at radius 3 is 2.88 bits per heavy atom. The van der Waals surface area contributed by atoms with Gasteiger partial charge in [-0.1, -0.05) is 20.3 Å². The average Bonchev–Trinajstić information content (AvgIpc) is 2.91. The predicted octanol–water partition coefficient (Wildman–Crippen LogP) is 3.95. The van der Waals surface area contributed by atoms with E-state index in [-0.39, 0.29) is 0 Å². The molecule has 1 fully saturated rings. The van der Waals surface area contributed by atoms with Crippen molar-refractivity contribution in [3.63, 3.8) is 0 Å². The van der Waals surface area contributed by atoms with Crippen molar-refractivity contribution in [1.82, 2.24) is 5.32 Å². The third-order valence-electron chi connectivity index (χ3n) is 3.85. The molecule has 0 bridgehead atoms. The molecule has 17 heavy (non-hydrogen) atoms. The van der Waals surface area contributed by atoms with Crippen molar-refractivity contribution >= 4 is 11.3 Å². The van der Waals surface area contributed by atoms with Crippen molar-refractivity contribution in [1.29, 1.82) is 0 Å². The number of hydrogen-bond donors (Lipinski definition) is 1. The molecule has 96 valence electrons. The van der Waals surface area contributed by atoms with Crippen molar-refractivity contribution in [2.45, 2.75) is 39.5 Å². The van der Waals surface area contributed by atoms with E-state index in [1.165, 1.54) is 38.8 Å². The molecular formula is C15H25NS. The Hall–Kier alpha value is -0.340. The van der Waals surface area contributed by atoms with Crippen molar-refractivity contribution in [2.24, 2.45) is 17.8 Å². The molecule has 0 amide bonds. The topological polar surface area (TPSA) is 12.0 Å². The SMILES string of the molecule is CC(C)CNCC1CCCC1Cc1ccsc1. The molecule has 2 unspecified atom stereocenters. The van der Waals surface area contributed by atoms with Crippen LogP contribution in [0.5, 0.6) is 0 Å². The van der Waals surface area contributed by atoms with Gasteiger partial charge in [0.05, 0.1) is 0 Å². The summed E-state index contributed by atoms with van der Waals surface area (Å²) in [6.07, 6.45) is 5.60. The van der Waals surface area contributed by atoms with Gasteiger partial charge in [-0.05, 0) is 72.5 Å². The lowest BCUT2D eigenvalue weighted by atomic mass is 9.90. The van der Waals surface area contributed by atoms with E-state index >= 15 is 0 Å². The van der Waals surface area contributed by atoms with Crippen LogP contribution < -0.4 is 5.32 Å². The summed E-state index contributed by atoms with van der Waals surface area (Å²) in [5, 5.41) is 8.16. The van der Waals surface area contributed by atoms with Crippen LogP contribution >= 0.6 is 11.3 Å². The summed E-state index contributed by atoms with van der Waals surface area (Å²) in [5.41, 5.74) is 1.55. The van der Waals surface area contributed by atoms with E-state index < -0.39 is 0 Å². The highest BCUT2D eigenvalue weighted by molar-refractivity contribution is 7.07. The van der Waals surface area contributed by atoms with E-state index in [1.54, 1.807) is 5.56 Å². The van der Waals surface area contributed by atoms with Gasteiger partial charge in [0.2, 0.25) is 0 Å². The summed E-state index contributed by atoms with van der Waals surface area (Å²) in [4.78, 5) is 0. The number of rotatable bonds is 6. The second-order valence-corrected chi connectivity index (χ2v) is 6.62. The van der Waals surface area contributed by atoms with E-state index in [0.29, 0.717) is 0 Å². The normalized spacial score (nSPS) is 24.6. The van der Waals surface area contributed by atoms with Gasteiger partial charge in [0.1, 0.15) is 0 Å². The molecule has 1 aromatic rings. The van der Waals surface area contributed by atoms with Gasteiger partial charge in [0, 0.05) is 0 Å². The first-order valence-electron chi connectivity index (χ1n) is 6.97. The average molecular weight is 251 g/mol. The third-order valence-corrected chi connectivity index (χ3v) is 4.59. The van der Waals surface area contributed by atoms with E-state index in [1.807, 2.05) is 11.3 Å². The molecule has 1 heterocycles. The number of thiophene rings is 1. The monoisotopic (exact) mass is 251 g/mol. The molecule has 0 spiro atoms. The first-order valence-corrected chi connectivity index (χ1v) is 7.91. The summed E-state index contributed by atoms with van der Waals surface area (Å²) in [6.45, 7) is 6.96. The van der Waals surface area contributed by atoms with Gasteiger partial charge in [-0.3, -0.25) is 0 Å². The highest BCUT2D eigenvalue weighted by Gasteiger charge is 2.26. The van der Waals surface area contributed by atoms with Crippen molar-refractivity contribution in [3.8, 4) is 0 Å². The summed E-state index contributed by atoms with van der Waals surface area (Å²) in [5.74, 6) is 2.60. The summed E-state index contributed by atoms with van der Waals surface area (Å²) < 4.78 is 0. The Kier molecular flexibility index (Phi) is 5.05. The molecule has 2 heteroatoms. The van der Waals surface area contributed by atoms with Crippen LogP contribution in [0.3, 0.4) is 0 Å². The molecule has 0 aromatic carbocycles. The number of nitrogens with one attached hydrogen (secondary N) is 1. The Bertz CT molecular complexity index is 305. The molecule has 2 rings (SSSR count). The van der Waals surface area contributed by atoms with Gasteiger partial charge < -0.3 is 5.32 Å². The van der Waals surface area contributed by atoms with Crippen LogP contribution in [0.2, 0.25) is 0 Å². The molecule has 0 radical (unpaired) electrons. The highest BCUT2D eigenvalue weighted by atomic mass is 32.1. The summed E-state index contributed by atoms with van der Waals surface area (Å²) >= 11 is 1.83. The van der Waals surface area contributed by atoms with E-state index in [0.717, 1.165) is 17.8 Å². The van der Waals surface area contributed by atoms with E-state index in [4.69, 9.17) is 0 Å². The van der Waals surface area contributed by atoms with Crippen molar-refractivity contribution < 1.29 is 0 Å². The minimum absolute atomic E-state index is 0.770. The highest BCUT2D eigenvalue weighted by Crippen LogP contribution is 2.34. The summed E-state index contributed by atoms with van der Waals surface area (Å²) in [6, 6.07) is 2.29. The molecule has 1 aromatic heterocycles. The molecular weight excluding hydrogens is 226 g/mol. The maximum Gasteiger partial charge on any atom is -0.00176 e. The quantitative estimate of drug-likeness (QED) is 0.807. The molecule has 0 saturated heterocycles. The van der Waals surface area contributed by atoms with E-state index in [2.05, 4.69) is 36.0 Å². The van der Waals surface area contributed by atoms with Crippen LogP contribution in [0.4, 0.5) is 0 Å². The van der Waals surface area contributed by atoms with Crippen LogP contribution in [0.15, 0.2) is 16.8 Å². The zero-order valence-corrected chi connectivity index (χ0v) is 11.9. The maximum absolute atomic E-state index is 3.64. The molecule has 1 N–H and O–H groups in total. The molecule has 0 aliphatic heterocycles. The summed E-state index contributed by atoms with van der Waals surface area (Å²) in [7, 11) is 0. The van der Waals surface area contributed by atoms with Gasteiger partial charge >= 0.3 is 0 Å². The molecule has 1 nitrogen and oxygen atoms in total. The lowest BCUT2D eigenvalue weighted by molar-refractivity contribution is 0.357. The second kappa shape index (κ2) is 6.55. The smallest absolute Gasteiger partial charge is 0.00176 e. The zero-order valence-electron chi connectivity index (χ0n) is 11.1. The lowest BCUT2D eigenvalue weighted by Crippen LogP contribution is -2.28. The van der Waals surface area contributed by atoms with Gasteiger partial charge in [-0.15, -0.1) is 0 Å². The fourth-order valence-electron chi connectivity index (χ4n) is 2.92. The molecule has 1 aliphatic rings. The van der Waals surface area contributed by atoms with Crippen LogP contribution in [-0.4, -0.2) is 13.1 Å². The molecule has 2 atom stereocenters. The van der Waals surface area contributed by atoms with Gasteiger partial charge in [0.15, 0.2) is 0 Å². The Morgan fingerprint density at radius 2 is 2.18 bits per heavy atom. The van der Waals surface area contributed by atoms with Crippen LogP contribution in [-0.2, 0) is 6.42 Å². The Labute approximate surface area is 110 Å². The minimum atomic E-state index is 0.770. The standard InChI is InChI=1S/C15H25NS/c1-12(2)9-16-10-15-5-3-4-14(15)8-13-6-7-17-11-13/h6-7,11-12,14-16H,3-5,8-10H2,1-2H3. The van der Waals surface area contributed by atoms with Crippen molar-refractivity contribution in [2.75, 3.05) is 13.1 Å². The fourth-order valence-corrected chi connectivity index (χ4v) is 3.60. The van der Waals surface area contributed by atoms with Gasteiger partial charge in [0.25, 0.3) is 0 Å². The predicted molar refractivity (Wildman–Crippen MR) is 76.6 cm³/mol. The second-order valence-electron chi connectivity index (χ2n) is 5.84. The minimum Gasteiger partial charge on any atom is -0.316 e.